The van der Waals surface area contributed by atoms with E-state index in [1.807, 2.05) is 30.3 Å². The second-order valence-electron chi connectivity index (χ2n) is 4.97. The molecule has 1 amide bonds. The van der Waals surface area contributed by atoms with Crippen LogP contribution in [-0.4, -0.2) is 18.0 Å². The maximum Gasteiger partial charge on any atom is 0.251 e. The third kappa shape index (κ3) is 3.30. The number of carbonyl (C=O) groups is 1. The Hall–Kier alpha value is -1.35. The summed E-state index contributed by atoms with van der Waals surface area (Å²) >= 11 is 0. The highest BCUT2D eigenvalue weighted by atomic mass is 16.1. The molecule has 17 heavy (non-hydrogen) atoms. The quantitative estimate of drug-likeness (QED) is 0.838. The lowest BCUT2D eigenvalue weighted by Crippen LogP contribution is -2.51. The van der Waals surface area contributed by atoms with E-state index in [1.54, 1.807) is 0 Å². The average molecular weight is 232 g/mol. The van der Waals surface area contributed by atoms with Crippen LogP contribution < -0.4 is 11.1 Å². The van der Waals surface area contributed by atoms with Gasteiger partial charge < -0.3 is 11.1 Å². The van der Waals surface area contributed by atoms with Gasteiger partial charge in [0, 0.05) is 17.6 Å². The molecule has 0 heterocycles. The Morgan fingerprint density at radius 3 is 2.47 bits per heavy atom. The Morgan fingerprint density at radius 2 is 1.82 bits per heavy atom. The van der Waals surface area contributed by atoms with Crippen molar-refractivity contribution in [2.24, 2.45) is 5.73 Å². The summed E-state index contributed by atoms with van der Waals surface area (Å²) in [5.74, 6) is -0.0269. The van der Waals surface area contributed by atoms with Crippen LogP contribution in [0.25, 0.3) is 0 Å². The molecule has 0 spiro atoms. The van der Waals surface area contributed by atoms with Crippen LogP contribution in [0.4, 0.5) is 0 Å². The van der Waals surface area contributed by atoms with E-state index in [1.165, 1.54) is 19.3 Å². The average Bonchev–Trinajstić information content (AvgIpc) is 2.38. The maximum absolute atomic E-state index is 11.9. The molecule has 0 unspecified atom stereocenters. The molecular weight excluding hydrogens is 212 g/mol. The van der Waals surface area contributed by atoms with Crippen molar-refractivity contribution in [3.63, 3.8) is 0 Å². The first-order valence-corrected chi connectivity index (χ1v) is 6.32. The van der Waals surface area contributed by atoms with Crippen LogP contribution in [0, 0.1) is 0 Å². The topological polar surface area (TPSA) is 55.1 Å². The lowest BCUT2D eigenvalue weighted by atomic mass is 9.82. The second-order valence-corrected chi connectivity index (χ2v) is 4.97. The minimum absolute atomic E-state index is 0.0269. The molecule has 1 fully saturated rings. The summed E-state index contributed by atoms with van der Waals surface area (Å²) in [4.78, 5) is 11.9. The van der Waals surface area contributed by atoms with Gasteiger partial charge in [-0.3, -0.25) is 4.79 Å². The minimum atomic E-state index is -0.192. The number of benzene rings is 1. The number of hydrogen-bond donors (Lipinski definition) is 2. The molecule has 0 bridgehead atoms. The van der Waals surface area contributed by atoms with Crippen molar-refractivity contribution in [3.05, 3.63) is 35.9 Å². The first-order valence-electron chi connectivity index (χ1n) is 6.32. The Labute approximate surface area is 102 Å². The molecule has 1 aliphatic carbocycles. The summed E-state index contributed by atoms with van der Waals surface area (Å²) in [6, 6.07) is 9.28. The summed E-state index contributed by atoms with van der Waals surface area (Å²) in [5, 5.41) is 2.95. The van der Waals surface area contributed by atoms with Crippen LogP contribution in [0.1, 0.15) is 42.5 Å². The van der Waals surface area contributed by atoms with Gasteiger partial charge in [-0.05, 0) is 25.0 Å². The number of nitrogens with one attached hydrogen (secondary N) is 1. The van der Waals surface area contributed by atoms with Crippen molar-refractivity contribution in [2.45, 2.75) is 37.6 Å². The minimum Gasteiger partial charge on any atom is -0.350 e. The van der Waals surface area contributed by atoms with E-state index in [9.17, 15) is 4.79 Å². The fourth-order valence-corrected chi connectivity index (χ4v) is 2.38. The van der Waals surface area contributed by atoms with E-state index < -0.39 is 0 Å². The van der Waals surface area contributed by atoms with E-state index in [0.29, 0.717) is 12.1 Å². The van der Waals surface area contributed by atoms with E-state index in [4.69, 9.17) is 5.73 Å². The first kappa shape index (κ1) is 12.1. The number of hydrogen-bond acceptors (Lipinski definition) is 2. The molecule has 0 saturated heterocycles. The van der Waals surface area contributed by atoms with Gasteiger partial charge in [-0.15, -0.1) is 0 Å². The molecule has 3 nitrogen and oxygen atoms in total. The molecule has 1 saturated carbocycles. The molecule has 3 heteroatoms. The molecule has 0 aliphatic heterocycles. The van der Waals surface area contributed by atoms with E-state index in [0.717, 1.165) is 12.8 Å². The molecule has 1 aromatic rings. The SMILES string of the molecule is NC1(CNC(=O)c2ccccc2)CCCCC1. The van der Waals surface area contributed by atoms with Gasteiger partial charge in [-0.2, -0.15) is 0 Å². The first-order chi connectivity index (χ1) is 8.20. The summed E-state index contributed by atoms with van der Waals surface area (Å²) < 4.78 is 0. The van der Waals surface area contributed by atoms with Gasteiger partial charge in [0.25, 0.3) is 5.91 Å². The highest BCUT2D eigenvalue weighted by molar-refractivity contribution is 5.94. The molecule has 0 radical (unpaired) electrons. The lowest BCUT2D eigenvalue weighted by Gasteiger charge is -2.33. The predicted octanol–water partition coefficient (Wildman–Crippen LogP) is 2.08. The Bertz CT molecular complexity index is 369. The Kier molecular flexibility index (Phi) is 3.79. The predicted molar refractivity (Wildman–Crippen MR) is 68.8 cm³/mol. The number of rotatable bonds is 3. The summed E-state index contributed by atoms with van der Waals surface area (Å²) in [7, 11) is 0. The van der Waals surface area contributed by atoms with Gasteiger partial charge in [0.2, 0.25) is 0 Å². The van der Waals surface area contributed by atoms with Crippen LogP contribution in [0.5, 0.6) is 0 Å². The third-order valence-corrected chi connectivity index (χ3v) is 3.49. The lowest BCUT2D eigenvalue weighted by molar-refractivity contribution is 0.0937. The van der Waals surface area contributed by atoms with E-state index >= 15 is 0 Å². The number of amides is 1. The van der Waals surface area contributed by atoms with E-state index in [-0.39, 0.29) is 11.4 Å². The van der Waals surface area contributed by atoms with Crippen molar-refractivity contribution in [1.29, 1.82) is 0 Å². The molecule has 0 atom stereocenters. The molecule has 1 aliphatic rings. The van der Waals surface area contributed by atoms with Crippen LogP contribution in [0.3, 0.4) is 0 Å². The van der Waals surface area contributed by atoms with Gasteiger partial charge in [-0.25, -0.2) is 0 Å². The zero-order valence-corrected chi connectivity index (χ0v) is 10.1. The standard InChI is InChI=1S/C14H20N2O/c15-14(9-5-2-6-10-14)11-16-13(17)12-7-3-1-4-8-12/h1,3-4,7-8H,2,5-6,9-11,15H2,(H,16,17). The number of nitrogens with two attached hydrogens (primary N) is 1. The van der Waals surface area contributed by atoms with Crippen molar-refractivity contribution in [1.82, 2.24) is 5.32 Å². The normalized spacial score (nSPS) is 18.6. The zero-order chi connectivity index (χ0) is 12.1. The van der Waals surface area contributed by atoms with Crippen LogP contribution in [0.15, 0.2) is 30.3 Å². The highest BCUT2D eigenvalue weighted by Gasteiger charge is 2.27. The van der Waals surface area contributed by atoms with Gasteiger partial charge in [0.15, 0.2) is 0 Å². The largest absolute Gasteiger partial charge is 0.350 e. The van der Waals surface area contributed by atoms with E-state index in [2.05, 4.69) is 5.32 Å². The van der Waals surface area contributed by atoms with Crippen molar-refractivity contribution in [2.75, 3.05) is 6.54 Å². The summed E-state index contributed by atoms with van der Waals surface area (Å²) in [6.45, 7) is 0.584. The number of carbonyl (C=O) groups excluding carboxylic acids is 1. The highest BCUT2D eigenvalue weighted by Crippen LogP contribution is 2.25. The molecule has 2 rings (SSSR count). The van der Waals surface area contributed by atoms with Crippen molar-refractivity contribution in [3.8, 4) is 0 Å². The van der Waals surface area contributed by atoms with Crippen molar-refractivity contribution < 1.29 is 4.79 Å². The molecule has 92 valence electrons. The molecule has 0 aromatic heterocycles. The molecular formula is C14H20N2O. The fourth-order valence-electron chi connectivity index (χ4n) is 2.38. The fraction of sp³-hybridized carbons (Fsp3) is 0.500. The van der Waals surface area contributed by atoms with Crippen LogP contribution >= 0.6 is 0 Å². The smallest absolute Gasteiger partial charge is 0.251 e. The van der Waals surface area contributed by atoms with Gasteiger partial charge >= 0.3 is 0 Å². The summed E-state index contributed by atoms with van der Waals surface area (Å²) in [6.07, 6.45) is 5.66. The Morgan fingerprint density at radius 1 is 1.18 bits per heavy atom. The molecule has 1 aromatic carbocycles. The summed E-state index contributed by atoms with van der Waals surface area (Å²) in [5.41, 5.74) is 6.78. The Balaban J connectivity index is 1.87. The van der Waals surface area contributed by atoms with Crippen LogP contribution in [-0.2, 0) is 0 Å². The van der Waals surface area contributed by atoms with Gasteiger partial charge in [0.05, 0.1) is 0 Å². The third-order valence-electron chi connectivity index (χ3n) is 3.49. The van der Waals surface area contributed by atoms with Crippen molar-refractivity contribution >= 4 is 5.91 Å². The van der Waals surface area contributed by atoms with Crippen LogP contribution in [0.2, 0.25) is 0 Å². The second kappa shape index (κ2) is 5.32. The van der Waals surface area contributed by atoms with Gasteiger partial charge in [-0.1, -0.05) is 37.5 Å². The van der Waals surface area contributed by atoms with Gasteiger partial charge in [0.1, 0.15) is 0 Å². The maximum atomic E-state index is 11.9. The monoisotopic (exact) mass is 232 g/mol. The zero-order valence-electron chi connectivity index (χ0n) is 10.1. The molecule has 3 N–H and O–H groups in total.